The van der Waals surface area contributed by atoms with E-state index in [-0.39, 0.29) is 0 Å². The minimum Gasteiger partial charge on any atom is -0.327 e. The van der Waals surface area contributed by atoms with Gasteiger partial charge in [0.2, 0.25) is 0 Å². The molecule has 0 fully saturated rings. The molecule has 1 heterocycles. The highest BCUT2D eigenvalue weighted by atomic mass is 79.9. The Labute approximate surface area is 107 Å². The molecule has 1 atom stereocenters. The Balaban J connectivity index is 2.49. The molecular formula is C12H22BrN3. The Morgan fingerprint density at radius 3 is 2.50 bits per heavy atom. The number of halogens is 1. The highest BCUT2D eigenvalue weighted by molar-refractivity contribution is 9.10. The van der Waals surface area contributed by atoms with Gasteiger partial charge in [0, 0.05) is 13.1 Å². The molecule has 0 radical (unpaired) electrons. The van der Waals surface area contributed by atoms with Gasteiger partial charge in [0.05, 0.1) is 15.9 Å². The summed E-state index contributed by atoms with van der Waals surface area (Å²) in [6, 6.07) is 0.313. The van der Waals surface area contributed by atoms with E-state index in [2.05, 4.69) is 34.9 Å². The van der Waals surface area contributed by atoms with Gasteiger partial charge < -0.3 is 5.73 Å². The fraction of sp³-hybridized carbons (Fsp3) is 0.750. The summed E-state index contributed by atoms with van der Waals surface area (Å²) in [7, 11) is 2.00. The van der Waals surface area contributed by atoms with Crippen LogP contribution in [0.2, 0.25) is 0 Å². The molecule has 1 unspecified atom stereocenters. The first-order valence-electron chi connectivity index (χ1n) is 5.87. The minimum atomic E-state index is 0.313. The van der Waals surface area contributed by atoms with Crippen LogP contribution >= 0.6 is 15.9 Å². The fourth-order valence-corrected chi connectivity index (χ4v) is 2.32. The molecular weight excluding hydrogens is 266 g/mol. The second-order valence-corrected chi connectivity index (χ2v) is 5.56. The fourth-order valence-electron chi connectivity index (χ4n) is 1.79. The molecule has 0 saturated heterocycles. The Bertz CT molecular complexity index is 344. The molecule has 0 aliphatic heterocycles. The van der Waals surface area contributed by atoms with E-state index in [0.717, 1.165) is 29.4 Å². The van der Waals surface area contributed by atoms with Crippen molar-refractivity contribution >= 4 is 15.9 Å². The van der Waals surface area contributed by atoms with Gasteiger partial charge in [-0.1, -0.05) is 13.8 Å². The van der Waals surface area contributed by atoms with Crippen LogP contribution in [-0.4, -0.2) is 15.8 Å². The van der Waals surface area contributed by atoms with E-state index >= 15 is 0 Å². The second-order valence-electron chi connectivity index (χ2n) is 4.77. The van der Waals surface area contributed by atoms with Gasteiger partial charge in [-0.3, -0.25) is 4.68 Å². The quantitative estimate of drug-likeness (QED) is 0.905. The molecule has 1 aromatic rings. The zero-order chi connectivity index (χ0) is 12.3. The molecule has 1 aromatic heterocycles. The highest BCUT2D eigenvalue weighted by Gasteiger charge is 2.12. The zero-order valence-corrected chi connectivity index (χ0v) is 12.2. The van der Waals surface area contributed by atoms with E-state index in [1.807, 2.05) is 18.7 Å². The number of hydrogen-bond donors (Lipinski definition) is 1. The molecule has 0 spiro atoms. The summed E-state index contributed by atoms with van der Waals surface area (Å²) in [5.41, 5.74) is 8.36. The predicted octanol–water partition coefficient (Wildman–Crippen LogP) is 2.80. The molecule has 3 nitrogen and oxygen atoms in total. The summed E-state index contributed by atoms with van der Waals surface area (Å²) < 4.78 is 3.11. The average Bonchev–Trinajstić information content (AvgIpc) is 2.44. The largest absolute Gasteiger partial charge is 0.327 e. The van der Waals surface area contributed by atoms with Crippen LogP contribution in [0.1, 0.15) is 38.1 Å². The molecule has 2 N–H and O–H groups in total. The number of hydrogen-bond acceptors (Lipinski definition) is 2. The molecule has 0 bridgehead atoms. The van der Waals surface area contributed by atoms with Gasteiger partial charge in [0.25, 0.3) is 0 Å². The van der Waals surface area contributed by atoms with Gasteiger partial charge in [-0.2, -0.15) is 5.10 Å². The van der Waals surface area contributed by atoms with E-state index in [0.29, 0.717) is 12.0 Å². The summed E-state index contributed by atoms with van der Waals surface area (Å²) in [5, 5.41) is 4.38. The van der Waals surface area contributed by atoms with E-state index in [9.17, 15) is 0 Å². The molecule has 0 saturated carbocycles. The molecule has 0 amide bonds. The van der Waals surface area contributed by atoms with Gasteiger partial charge in [-0.15, -0.1) is 0 Å². The molecule has 4 heteroatoms. The summed E-state index contributed by atoms with van der Waals surface area (Å²) in [6.45, 7) is 6.37. The molecule has 0 aromatic carbocycles. The van der Waals surface area contributed by atoms with Gasteiger partial charge in [0.15, 0.2) is 0 Å². The summed E-state index contributed by atoms with van der Waals surface area (Å²) >= 11 is 3.58. The standard InChI is InChI=1S/C12H22BrN3/c1-8(2)10(14)6-5-7-11-12(13)9(3)15-16(11)4/h8,10H,5-7,14H2,1-4H3. The second kappa shape index (κ2) is 5.82. The van der Waals surface area contributed by atoms with Crippen LogP contribution in [0.25, 0.3) is 0 Å². The topological polar surface area (TPSA) is 43.8 Å². The van der Waals surface area contributed by atoms with E-state index in [4.69, 9.17) is 5.73 Å². The normalized spacial score (nSPS) is 13.4. The third-order valence-electron chi connectivity index (χ3n) is 3.07. The van der Waals surface area contributed by atoms with E-state index in [1.165, 1.54) is 5.69 Å². The van der Waals surface area contributed by atoms with Crippen LogP contribution in [0.15, 0.2) is 4.47 Å². The molecule has 0 aliphatic rings. The lowest BCUT2D eigenvalue weighted by Crippen LogP contribution is -2.26. The molecule has 1 rings (SSSR count). The third kappa shape index (κ3) is 3.32. The molecule has 0 aliphatic carbocycles. The highest BCUT2D eigenvalue weighted by Crippen LogP contribution is 2.22. The van der Waals surface area contributed by atoms with Crippen LogP contribution in [0.5, 0.6) is 0 Å². The monoisotopic (exact) mass is 287 g/mol. The third-order valence-corrected chi connectivity index (χ3v) is 4.10. The van der Waals surface area contributed by atoms with Crippen molar-refractivity contribution in [3.63, 3.8) is 0 Å². The van der Waals surface area contributed by atoms with Gasteiger partial charge >= 0.3 is 0 Å². The van der Waals surface area contributed by atoms with Crippen molar-refractivity contribution in [3.8, 4) is 0 Å². The predicted molar refractivity (Wildman–Crippen MR) is 71.4 cm³/mol. The van der Waals surface area contributed by atoms with Crippen LogP contribution in [0, 0.1) is 12.8 Å². The maximum atomic E-state index is 6.03. The van der Waals surface area contributed by atoms with E-state index < -0.39 is 0 Å². The first kappa shape index (κ1) is 13.7. The number of nitrogens with zero attached hydrogens (tertiary/aromatic N) is 2. The summed E-state index contributed by atoms with van der Waals surface area (Å²) in [4.78, 5) is 0. The SMILES string of the molecule is Cc1nn(C)c(CCCC(N)C(C)C)c1Br. The Morgan fingerprint density at radius 2 is 2.06 bits per heavy atom. The van der Waals surface area contributed by atoms with Crippen molar-refractivity contribution in [1.29, 1.82) is 0 Å². The van der Waals surface area contributed by atoms with Gasteiger partial charge in [-0.25, -0.2) is 0 Å². The maximum Gasteiger partial charge on any atom is 0.0738 e. The summed E-state index contributed by atoms with van der Waals surface area (Å²) in [6.07, 6.45) is 3.24. The first-order chi connectivity index (χ1) is 7.43. The van der Waals surface area contributed by atoms with Crippen molar-refractivity contribution in [2.75, 3.05) is 0 Å². The average molecular weight is 288 g/mol. The van der Waals surface area contributed by atoms with E-state index in [1.54, 1.807) is 0 Å². The van der Waals surface area contributed by atoms with Gasteiger partial charge in [-0.05, 0) is 48.0 Å². The Morgan fingerprint density at radius 1 is 1.44 bits per heavy atom. The number of aromatic nitrogens is 2. The maximum absolute atomic E-state index is 6.03. The number of aryl methyl sites for hydroxylation is 2. The first-order valence-corrected chi connectivity index (χ1v) is 6.66. The lowest BCUT2D eigenvalue weighted by molar-refractivity contribution is 0.449. The smallest absolute Gasteiger partial charge is 0.0738 e. The van der Waals surface area contributed by atoms with Crippen molar-refractivity contribution in [2.24, 2.45) is 18.7 Å². The zero-order valence-electron chi connectivity index (χ0n) is 10.6. The summed E-state index contributed by atoms with van der Waals surface area (Å²) in [5.74, 6) is 0.566. The Kier molecular flexibility index (Phi) is 4.99. The number of nitrogens with two attached hydrogens (primary N) is 1. The lowest BCUT2D eigenvalue weighted by atomic mass is 9.99. The number of rotatable bonds is 5. The van der Waals surface area contributed by atoms with Crippen LogP contribution in [-0.2, 0) is 13.5 Å². The van der Waals surface area contributed by atoms with Crippen molar-refractivity contribution in [2.45, 2.75) is 46.1 Å². The lowest BCUT2D eigenvalue weighted by Gasteiger charge is -2.15. The molecule has 16 heavy (non-hydrogen) atoms. The van der Waals surface area contributed by atoms with Crippen molar-refractivity contribution in [3.05, 3.63) is 15.9 Å². The van der Waals surface area contributed by atoms with Crippen molar-refractivity contribution < 1.29 is 0 Å². The van der Waals surface area contributed by atoms with Gasteiger partial charge in [0.1, 0.15) is 0 Å². The van der Waals surface area contributed by atoms with Crippen LogP contribution in [0.3, 0.4) is 0 Å². The molecule has 92 valence electrons. The van der Waals surface area contributed by atoms with Crippen LogP contribution in [0.4, 0.5) is 0 Å². The Hall–Kier alpha value is -0.350. The minimum absolute atomic E-state index is 0.313. The van der Waals surface area contributed by atoms with Crippen LogP contribution < -0.4 is 5.73 Å². The van der Waals surface area contributed by atoms with Crippen molar-refractivity contribution in [1.82, 2.24) is 9.78 Å².